The standard InChI is InChI=1S/C11H10F3N5O2/c1-20-9-16-8(19-15)17-10(18-9)21-7-4-2-6(3-5-7)11(12,13)14/h2-5H,15H2,1H3,(H,16,17,18,19). The summed E-state index contributed by atoms with van der Waals surface area (Å²) in [4.78, 5) is 11.3. The quantitative estimate of drug-likeness (QED) is 0.658. The molecule has 0 amide bonds. The summed E-state index contributed by atoms with van der Waals surface area (Å²) in [5.74, 6) is 5.28. The van der Waals surface area contributed by atoms with Gasteiger partial charge in [-0.2, -0.15) is 23.1 Å². The lowest BCUT2D eigenvalue weighted by atomic mass is 10.2. The smallest absolute Gasteiger partial charge is 0.416 e. The Bertz CT molecular complexity index is 596. The lowest BCUT2D eigenvalue weighted by Crippen LogP contribution is -2.12. The molecule has 1 aromatic heterocycles. The van der Waals surface area contributed by atoms with Crippen LogP contribution in [-0.2, 0) is 6.18 Å². The first-order valence-electron chi connectivity index (χ1n) is 5.54. The Hall–Kier alpha value is -2.62. The zero-order chi connectivity index (χ0) is 15.5. The maximum atomic E-state index is 12.4. The Kier molecular flexibility index (Phi) is 4.08. The third-order valence-electron chi connectivity index (χ3n) is 2.30. The van der Waals surface area contributed by atoms with Crippen LogP contribution in [0, 0.1) is 0 Å². The number of rotatable bonds is 4. The number of nitrogens with zero attached hydrogens (tertiary/aromatic N) is 3. The average Bonchev–Trinajstić information content (AvgIpc) is 2.46. The Morgan fingerprint density at radius 3 is 2.19 bits per heavy atom. The molecule has 0 aliphatic carbocycles. The third-order valence-corrected chi connectivity index (χ3v) is 2.30. The summed E-state index contributed by atoms with van der Waals surface area (Å²) in [6.07, 6.45) is -4.41. The molecule has 3 N–H and O–H groups in total. The highest BCUT2D eigenvalue weighted by Gasteiger charge is 2.30. The number of halogens is 3. The van der Waals surface area contributed by atoms with Crippen molar-refractivity contribution in [3.05, 3.63) is 29.8 Å². The van der Waals surface area contributed by atoms with Gasteiger partial charge in [0.2, 0.25) is 5.95 Å². The van der Waals surface area contributed by atoms with E-state index in [1.807, 2.05) is 0 Å². The molecule has 0 radical (unpaired) electrons. The van der Waals surface area contributed by atoms with Crippen LogP contribution in [0.25, 0.3) is 0 Å². The molecule has 112 valence electrons. The molecule has 0 aliphatic heterocycles. The molecule has 10 heteroatoms. The van der Waals surface area contributed by atoms with Gasteiger partial charge in [-0.3, -0.25) is 5.43 Å². The summed E-state index contributed by atoms with van der Waals surface area (Å²) in [7, 11) is 1.33. The number of alkyl halides is 3. The van der Waals surface area contributed by atoms with Crippen molar-refractivity contribution in [3.8, 4) is 17.8 Å². The summed E-state index contributed by atoms with van der Waals surface area (Å²) in [6, 6.07) is 3.84. The zero-order valence-corrected chi connectivity index (χ0v) is 10.7. The monoisotopic (exact) mass is 301 g/mol. The lowest BCUT2D eigenvalue weighted by Gasteiger charge is -2.09. The number of benzene rings is 1. The fourth-order valence-electron chi connectivity index (χ4n) is 1.36. The summed E-state index contributed by atoms with van der Waals surface area (Å²) in [5.41, 5.74) is 1.40. The van der Waals surface area contributed by atoms with Crippen molar-refractivity contribution in [2.24, 2.45) is 5.84 Å². The second kappa shape index (κ2) is 5.79. The second-order valence-electron chi connectivity index (χ2n) is 3.70. The van der Waals surface area contributed by atoms with E-state index in [9.17, 15) is 13.2 Å². The topological polar surface area (TPSA) is 95.2 Å². The van der Waals surface area contributed by atoms with Crippen LogP contribution in [0.2, 0.25) is 0 Å². The van der Waals surface area contributed by atoms with Gasteiger partial charge in [0.1, 0.15) is 5.75 Å². The largest absolute Gasteiger partial charge is 0.467 e. The van der Waals surface area contributed by atoms with Gasteiger partial charge in [-0.25, -0.2) is 5.84 Å². The van der Waals surface area contributed by atoms with Crippen molar-refractivity contribution in [1.29, 1.82) is 0 Å². The highest BCUT2D eigenvalue weighted by Crippen LogP contribution is 2.31. The van der Waals surface area contributed by atoms with Crippen molar-refractivity contribution in [2.75, 3.05) is 12.5 Å². The average molecular weight is 301 g/mol. The first-order valence-corrected chi connectivity index (χ1v) is 5.54. The molecule has 7 nitrogen and oxygen atoms in total. The molecule has 0 spiro atoms. The van der Waals surface area contributed by atoms with E-state index in [1.165, 1.54) is 7.11 Å². The predicted octanol–water partition coefficient (Wildman–Crippen LogP) is 1.98. The van der Waals surface area contributed by atoms with Gasteiger partial charge in [-0.05, 0) is 24.3 Å². The molecule has 1 heterocycles. The predicted molar refractivity (Wildman–Crippen MR) is 65.7 cm³/mol. The van der Waals surface area contributed by atoms with Crippen molar-refractivity contribution >= 4 is 5.95 Å². The maximum Gasteiger partial charge on any atom is 0.416 e. The van der Waals surface area contributed by atoms with Crippen LogP contribution in [0.1, 0.15) is 5.56 Å². The third kappa shape index (κ3) is 3.69. The number of hydrazine groups is 1. The molecule has 0 unspecified atom stereocenters. The van der Waals surface area contributed by atoms with Crippen molar-refractivity contribution in [1.82, 2.24) is 15.0 Å². The van der Waals surface area contributed by atoms with Crippen LogP contribution in [-0.4, -0.2) is 22.1 Å². The van der Waals surface area contributed by atoms with Crippen LogP contribution >= 0.6 is 0 Å². The Labute approximate surface area is 116 Å². The zero-order valence-electron chi connectivity index (χ0n) is 10.7. The van der Waals surface area contributed by atoms with Gasteiger partial charge in [-0.15, -0.1) is 4.98 Å². The lowest BCUT2D eigenvalue weighted by molar-refractivity contribution is -0.137. The number of nitrogens with one attached hydrogen (secondary N) is 1. The van der Waals surface area contributed by atoms with Crippen LogP contribution in [0.15, 0.2) is 24.3 Å². The summed E-state index contributed by atoms with van der Waals surface area (Å²) in [5, 5.41) is 0. The van der Waals surface area contributed by atoms with E-state index >= 15 is 0 Å². The maximum absolute atomic E-state index is 12.4. The number of nitrogens with two attached hydrogens (primary N) is 1. The van der Waals surface area contributed by atoms with E-state index in [1.54, 1.807) is 0 Å². The molecule has 2 rings (SSSR count). The molecule has 2 aromatic rings. The van der Waals surface area contributed by atoms with Crippen molar-refractivity contribution < 1.29 is 22.6 Å². The van der Waals surface area contributed by atoms with Crippen LogP contribution < -0.4 is 20.7 Å². The number of nitrogen functional groups attached to an aromatic ring is 1. The van der Waals surface area contributed by atoms with Gasteiger partial charge < -0.3 is 9.47 Å². The van der Waals surface area contributed by atoms with Crippen LogP contribution in [0.5, 0.6) is 17.8 Å². The highest BCUT2D eigenvalue weighted by molar-refractivity contribution is 5.32. The Balaban J connectivity index is 2.22. The Morgan fingerprint density at radius 1 is 1.05 bits per heavy atom. The minimum Gasteiger partial charge on any atom is -0.467 e. The fourth-order valence-corrected chi connectivity index (χ4v) is 1.36. The van der Waals surface area contributed by atoms with E-state index in [0.29, 0.717) is 0 Å². The number of anilines is 1. The number of aromatic nitrogens is 3. The molecule has 0 bridgehead atoms. The van der Waals surface area contributed by atoms with E-state index in [4.69, 9.17) is 15.3 Å². The van der Waals surface area contributed by atoms with Gasteiger partial charge >= 0.3 is 18.2 Å². The van der Waals surface area contributed by atoms with E-state index in [2.05, 4.69) is 20.4 Å². The van der Waals surface area contributed by atoms with E-state index in [-0.39, 0.29) is 23.7 Å². The fraction of sp³-hybridized carbons (Fsp3) is 0.182. The Morgan fingerprint density at radius 2 is 1.67 bits per heavy atom. The molecule has 21 heavy (non-hydrogen) atoms. The number of hydrogen-bond acceptors (Lipinski definition) is 7. The summed E-state index contributed by atoms with van der Waals surface area (Å²) in [6.45, 7) is 0. The van der Waals surface area contributed by atoms with Crippen molar-refractivity contribution in [3.63, 3.8) is 0 Å². The number of hydrogen-bond donors (Lipinski definition) is 2. The molecule has 0 fully saturated rings. The molecule has 0 atom stereocenters. The summed E-state index contributed by atoms with van der Waals surface area (Å²) >= 11 is 0. The number of methoxy groups -OCH3 is 1. The second-order valence-corrected chi connectivity index (χ2v) is 3.70. The number of ether oxygens (including phenoxy) is 2. The minimum atomic E-state index is -4.41. The van der Waals surface area contributed by atoms with E-state index in [0.717, 1.165) is 24.3 Å². The van der Waals surface area contributed by atoms with Gasteiger partial charge in [-0.1, -0.05) is 0 Å². The van der Waals surface area contributed by atoms with Gasteiger partial charge in [0.05, 0.1) is 12.7 Å². The van der Waals surface area contributed by atoms with Gasteiger partial charge in [0.25, 0.3) is 0 Å². The molecule has 0 aliphatic rings. The first kappa shape index (κ1) is 14.8. The molecular weight excluding hydrogens is 291 g/mol. The molecule has 0 saturated heterocycles. The van der Waals surface area contributed by atoms with Gasteiger partial charge in [0.15, 0.2) is 0 Å². The van der Waals surface area contributed by atoms with Crippen LogP contribution in [0.3, 0.4) is 0 Å². The first-order chi connectivity index (χ1) is 9.92. The normalized spacial score (nSPS) is 11.1. The summed E-state index contributed by atoms with van der Waals surface area (Å²) < 4.78 is 47.3. The molecule has 0 saturated carbocycles. The van der Waals surface area contributed by atoms with Crippen LogP contribution in [0.4, 0.5) is 19.1 Å². The molecule has 1 aromatic carbocycles. The van der Waals surface area contributed by atoms with Gasteiger partial charge in [0, 0.05) is 0 Å². The van der Waals surface area contributed by atoms with Crippen molar-refractivity contribution in [2.45, 2.75) is 6.18 Å². The SMILES string of the molecule is COc1nc(NN)nc(Oc2ccc(C(F)(F)F)cc2)n1. The minimum absolute atomic E-state index is 0.0104. The highest BCUT2D eigenvalue weighted by atomic mass is 19.4. The molecular formula is C11H10F3N5O2. The van der Waals surface area contributed by atoms with E-state index < -0.39 is 11.7 Å².